The fourth-order valence-corrected chi connectivity index (χ4v) is 5.75. The first-order valence-corrected chi connectivity index (χ1v) is 16.0. The Kier molecular flexibility index (Phi) is 10.9. The van der Waals surface area contributed by atoms with E-state index in [-0.39, 0.29) is 5.48 Å². The van der Waals surface area contributed by atoms with Gasteiger partial charge in [-0.25, -0.2) is 29.9 Å². The van der Waals surface area contributed by atoms with E-state index in [0.29, 0.717) is 34.8 Å². The van der Waals surface area contributed by atoms with Gasteiger partial charge in [-0.15, -0.1) is 0 Å². The monoisotopic (exact) mass is 612 g/mol. The molecular formula is C34H48N10O. The molecule has 0 radical (unpaired) electrons. The number of aryl methyl sites for hydroxylation is 2. The van der Waals surface area contributed by atoms with Crippen molar-refractivity contribution in [1.82, 2.24) is 39.0 Å². The smallest absolute Gasteiger partial charge is 0.163 e. The van der Waals surface area contributed by atoms with Gasteiger partial charge >= 0.3 is 0 Å². The van der Waals surface area contributed by atoms with Crippen LogP contribution >= 0.6 is 0 Å². The van der Waals surface area contributed by atoms with E-state index in [1.807, 2.05) is 12.1 Å². The van der Waals surface area contributed by atoms with Crippen LogP contribution in [0.15, 0.2) is 36.7 Å². The summed E-state index contributed by atoms with van der Waals surface area (Å²) < 4.78 is 4.63. The highest BCUT2D eigenvalue weighted by Crippen LogP contribution is 2.30. The molecular weight excluding hydrogens is 564 g/mol. The molecule has 0 saturated heterocycles. The van der Waals surface area contributed by atoms with Crippen LogP contribution in [0.25, 0.3) is 44.1 Å². The van der Waals surface area contributed by atoms with Crippen molar-refractivity contribution in [3.8, 4) is 0 Å². The zero-order chi connectivity index (χ0) is 31.4. The van der Waals surface area contributed by atoms with E-state index in [1.54, 1.807) is 12.4 Å². The molecule has 6 aromatic rings. The quantitative estimate of drug-likeness (QED) is 0.181. The lowest BCUT2D eigenvalue weighted by atomic mass is 10.2. The van der Waals surface area contributed by atoms with E-state index in [0.717, 1.165) is 96.1 Å². The highest BCUT2D eigenvalue weighted by molar-refractivity contribution is 6.06. The standard InChI is InChI=1S/2C17H23N5.H2O/c2*1-4-5-8-13-20-14-15(22(13)10-11(2)3)12-7-6-9-19-17(12)21-16(14)18;/h2*6-7,9,11H,4-5,8,10H2,1-3H3,(H2,18,19,21);1H2. The van der Waals surface area contributed by atoms with Crippen molar-refractivity contribution in [3.05, 3.63) is 48.3 Å². The molecule has 0 aliphatic heterocycles. The summed E-state index contributed by atoms with van der Waals surface area (Å²) in [5.41, 5.74) is 17.4. The maximum atomic E-state index is 6.14. The fraction of sp³-hybridized carbons (Fsp3) is 0.471. The number of imidazole rings is 2. The number of hydrogen-bond acceptors (Lipinski definition) is 8. The van der Waals surface area contributed by atoms with Crippen molar-refractivity contribution >= 4 is 55.8 Å². The number of hydrogen-bond donors (Lipinski definition) is 2. The van der Waals surface area contributed by atoms with Gasteiger partial charge in [-0.1, -0.05) is 54.4 Å². The van der Waals surface area contributed by atoms with Gasteiger partial charge in [0.1, 0.15) is 22.7 Å². The average molecular weight is 613 g/mol. The van der Waals surface area contributed by atoms with Crippen LogP contribution in [0, 0.1) is 11.8 Å². The number of nitrogens with zero attached hydrogens (tertiary/aromatic N) is 8. The van der Waals surface area contributed by atoms with Gasteiger partial charge in [0.2, 0.25) is 0 Å². The Morgan fingerprint density at radius 3 is 1.40 bits per heavy atom. The van der Waals surface area contributed by atoms with Gasteiger partial charge in [-0.3, -0.25) is 0 Å². The number of pyridine rings is 4. The van der Waals surface area contributed by atoms with E-state index in [2.05, 4.69) is 82.7 Å². The van der Waals surface area contributed by atoms with Crippen LogP contribution in [0.1, 0.15) is 78.9 Å². The molecule has 0 unspecified atom stereocenters. The Balaban J connectivity index is 0.000000200. The van der Waals surface area contributed by atoms with Crippen molar-refractivity contribution in [2.75, 3.05) is 11.5 Å². The summed E-state index contributed by atoms with van der Waals surface area (Å²) in [5.74, 6) is 4.24. The predicted octanol–water partition coefficient (Wildman–Crippen LogP) is 6.30. The second-order valence-electron chi connectivity index (χ2n) is 12.4. The van der Waals surface area contributed by atoms with E-state index in [1.165, 1.54) is 0 Å². The van der Waals surface area contributed by atoms with E-state index in [4.69, 9.17) is 21.4 Å². The highest BCUT2D eigenvalue weighted by atomic mass is 16.0. The van der Waals surface area contributed by atoms with Crippen molar-refractivity contribution < 1.29 is 5.48 Å². The minimum Gasteiger partial charge on any atom is -0.412 e. The van der Waals surface area contributed by atoms with E-state index >= 15 is 0 Å². The van der Waals surface area contributed by atoms with Gasteiger partial charge < -0.3 is 26.1 Å². The SMILES string of the molecule is CCCCc1nc2c(N)nc3ncccc3c2n1CC(C)C.CCCCc1nc2c(N)nc3ncccc3c2n1CC(C)C.O. The molecule has 0 aliphatic rings. The Hall–Kier alpha value is -4.38. The third-order valence-corrected chi connectivity index (χ3v) is 7.72. The maximum absolute atomic E-state index is 6.14. The van der Waals surface area contributed by atoms with Crippen LogP contribution < -0.4 is 11.5 Å². The van der Waals surface area contributed by atoms with Gasteiger partial charge in [0.25, 0.3) is 0 Å². The van der Waals surface area contributed by atoms with Crippen LogP contribution in [0.3, 0.4) is 0 Å². The van der Waals surface area contributed by atoms with Gasteiger partial charge in [-0.05, 0) is 48.9 Å². The highest BCUT2D eigenvalue weighted by Gasteiger charge is 2.19. The van der Waals surface area contributed by atoms with Crippen molar-refractivity contribution in [3.63, 3.8) is 0 Å². The van der Waals surface area contributed by atoms with Crippen molar-refractivity contribution in [2.45, 2.75) is 93.2 Å². The van der Waals surface area contributed by atoms with Crippen molar-refractivity contribution in [2.24, 2.45) is 11.8 Å². The molecule has 0 amide bonds. The molecule has 6 rings (SSSR count). The van der Waals surface area contributed by atoms with Gasteiger partial charge in [0, 0.05) is 49.1 Å². The van der Waals surface area contributed by atoms with Crippen LogP contribution in [0.5, 0.6) is 0 Å². The molecule has 6 aromatic heterocycles. The summed E-state index contributed by atoms with van der Waals surface area (Å²) in [6.45, 7) is 15.2. The molecule has 11 nitrogen and oxygen atoms in total. The molecule has 45 heavy (non-hydrogen) atoms. The Morgan fingerprint density at radius 1 is 0.644 bits per heavy atom. The molecule has 0 saturated carbocycles. The van der Waals surface area contributed by atoms with Crippen molar-refractivity contribution in [1.29, 1.82) is 0 Å². The lowest BCUT2D eigenvalue weighted by Crippen LogP contribution is -2.09. The molecule has 6 heterocycles. The number of fused-ring (bicyclic) bond motifs is 6. The first kappa shape index (κ1) is 33.5. The predicted molar refractivity (Wildman–Crippen MR) is 185 cm³/mol. The van der Waals surface area contributed by atoms with Gasteiger partial charge in [-0.2, -0.15) is 0 Å². The zero-order valence-corrected chi connectivity index (χ0v) is 27.5. The summed E-state index contributed by atoms with van der Waals surface area (Å²) in [5, 5.41) is 2.06. The molecule has 0 aromatic carbocycles. The lowest BCUT2D eigenvalue weighted by molar-refractivity contribution is 0.513. The molecule has 240 valence electrons. The number of unbranched alkanes of at least 4 members (excludes halogenated alkanes) is 2. The number of rotatable bonds is 10. The van der Waals surface area contributed by atoms with E-state index in [9.17, 15) is 0 Å². The third kappa shape index (κ3) is 6.98. The second-order valence-corrected chi connectivity index (χ2v) is 12.4. The molecule has 0 spiro atoms. The summed E-state index contributed by atoms with van der Waals surface area (Å²) in [6, 6.07) is 7.99. The second kappa shape index (κ2) is 14.6. The minimum absolute atomic E-state index is 0. The minimum atomic E-state index is 0. The topological polar surface area (TPSA) is 171 Å². The van der Waals surface area contributed by atoms with Gasteiger partial charge in [0.05, 0.1) is 11.0 Å². The van der Waals surface area contributed by atoms with Crippen LogP contribution in [-0.4, -0.2) is 44.5 Å². The number of nitrogens with two attached hydrogens (primary N) is 2. The van der Waals surface area contributed by atoms with Crippen LogP contribution in [-0.2, 0) is 25.9 Å². The normalized spacial score (nSPS) is 11.6. The molecule has 0 fully saturated rings. The van der Waals surface area contributed by atoms with Crippen LogP contribution in [0.4, 0.5) is 11.6 Å². The number of nitrogen functional groups attached to an aromatic ring is 2. The summed E-state index contributed by atoms with van der Waals surface area (Å²) in [7, 11) is 0. The average Bonchev–Trinajstić information content (AvgIpc) is 3.54. The molecule has 0 bridgehead atoms. The zero-order valence-electron chi connectivity index (χ0n) is 27.5. The third-order valence-electron chi connectivity index (χ3n) is 7.72. The Bertz CT molecular complexity index is 1750. The summed E-state index contributed by atoms with van der Waals surface area (Å²) in [4.78, 5) is 27.1. The molecule has 11 heteroatoms. The Labute approximate surface area is 264 Å². The largest absolute Gasteiger partial charge is 0.412 e. The molecule has 6 N–H and O–H groups in total. The first-order valence-electron chi connectivity index (χ1n) is 16.0. The Morgan fingerprint density at radius 2 is 1.04 bits per heavy atom. The summed E-state index contributed by atoms with van der Waals surface area (Å²) in [6.07, 6.45) is 10.0. The fourth-order valence-electron chi connectivity index (χ4n) is 5.75. The van der Waals surface area contributed by atoms with Crippen LogP contribution in [0.2, 0.25) is 0 Å². The van der Waals surface area contributed by atoms with Gasteiger partial charge in [0.15, 0.2) is 22.9 Å². The molecule has 0 aliphatic carbocycles. The first-order chi connectivity index (χ1) is 21.2. The summed E-state index contributed by atoms with van der Waals surface area (Å²) >= 11 is 0. The molecule has 0 atom stereocenters. The number of anilines is 2. The maximum Gasteiger partial charge on any atom is 0.163 e. The van der Waals surface area contributed by atoms with E-state index < -0.39 is 0 Å². The lowest BCUT2D eigenvalue weighted by Gasteiger charge is -2.12. The number of aromatic nitrogens is 8.